The second-order valence-corrected chi connectivity index (χ2v) is 7.82. The van der Waals surface area contributed by atoms with E-state index in [4.69, 9.17) is 5.73 Å². The molecule has 4 N–H and O–H groups in total. The van der Waals surface area contributed by atoms with E-state index in [1.54, 1.807) is 31.2 Å². The summed E-state index contributed by atoms with van der Waals surface area (Å²) in [7, 11) is -3.32. The van der Waals surface area contributed by atoms with Gasteiger partial charge in [0.2, 0.25) is 15.9 Å². The van der Waals surface area contributed by atoms with Gasteiger partial charge in [-0.05, 0) is 44.0 Å². The van der Waals surface area contributed by atoms with E-state index in [-0.39, 0.29) is 24.1 Å². The average molecular weight is 378 g/mol. The molecule has 0 aromatic heterocycles. The number of anilines is 2. The number of nitrogens with two attached hydrogens (primary N) is 1. The van der Waals surface area contributed by atoms with E-state index < -0.39 is 15.6 Å². The molecule has 0 heterocycles. The number of hydrogen-bond donors (Lipinski definition) is 3. The highest BCUT2D eigenvalue weighted by Gasteiger charge is 2.27. The van der Waals surface area contributed by atoms with Crippen molar-refractivity contribution in [3.63, 3.8) is 0 Å². The van der Waals surface area contributed by atoms with Crippen molar-refractivity contribution < 1.29 is 13.2 Å². The van der Waals surface area contributed by atoms with Crippen molar-refractivity contribution in [1.29, 1.82) is 0 Å². The molecule has 0 saturated heterocycles. The Labute approximate surface area is 151 Å². The van der Waals surface area contributed by atoms with E-state index in [2.05, 4.69) is 10.0 Å². The maximum atomic E-state index is 12.1. The van der Waals surface area contributed by atoms with Crippen LogP contribution in [0.3, 0.4) is 0 Å². The largest absolute Gasteiger partial charge is 0.325 e. The molecule has 1 unspecified atom stereocenters. The number of rotatable bonds is 9. The molecular weight excluding hydrogens is 350 g/mol. The second-order valence-electron chi connectivity index (χ2n) is 5.97. The van der Waals surface area contributed by atoms with Crippen molar-refractivity contribution in [2.45, 2.75) is 52.0 Å². The molecule has 1 atom stereocenters. The lowest BCUT2D eigenvalue weighted by atomic mass is 9.96. The fraction of sp³-hybridized carbons (Fsp3) is 0.562. The van der Waals surface area contributed by atoms with Crippen molar-refractivity contribution >= 4 is 39.7 Å². The number of benzene rings is 1. The molecule has 24 heavy (non-hydrogen) atoms. The molecule has 0 bridgehead atoms. The maximum absolute atomic E-state index is 12.1. The molecule has 6 nitrogen and oxygen atoms in total. The van der Waals surface area contributed by atoms with Crippen LogP contribution in [-0.4, -0.2) is 25.6 Å². The summed E-state index contributed by atoms with van der Waals surface area (Å²) in [5, 5.41) is 2.75. The fourth-order valence-electron chi connectivity index (χ4n) is 2.09. The van der Waals surface area contributed by atoms with Gasteiger partial charge in [0.25, 0.3) is 0 Å². The minimum atomic E-state index is -3.32. The van der Waals surface area contributed by atoms with Gasteiger partial charge in [-0.15, -0.1) is 12.4 Å². The predicted octanol–water partition coefficient (Wildman–Crippen LogP) is 3.11. The summed E-state index contributed by atoms with van der Waals surface area (Å²) in [6.45, 7) is 5.61. The summed E-state index contributed by atoms with van der Waals surface area (Å²) in [4.78, 5) is 12.1. The first-order valence-corrected chi connectivity index (χ1v) is 9.56. The normalized spacial score (nSPS) is 13.5. The molecule has 138 valence electrons. The third-order valence-electron chi connectivity index (χ3n) is 3.47. The van der Waals surface area contributed by atoms with Gasteiger partial charge in [-0.3, -0.25) is 9.52 Å². The molecule has 8 heteroatoms. The highest BCUT2D eigenvalue weighted by atomic mass is 35.5. The first-order valence-electron chi connectivity index (χ1n) is 7.91. The SMILES string of the molecule is CCCCS(=O)(=O)Nc1ccc(NC(=O)C(C)(N)CCC)cc1.Cl. The zero-order valence-corrected chi connectivity index (χ0v) is 16.1. The summed E-state index contributed by atoms with van der Waals surface area (Å²) in [6, 6.07) is 6.54. The lowest BCUT2D eigenvalue weighted by molar-refractivity contribution is -0.120. The van der Waals surface area contributed by atoms with Crippen LogP contribution in [0.2, 0.25) is 0 Å². The molecule has 0 fully saturated rings. The molecule has 1 rings (SSSR count). The summed E-state index contributed by atoms with van der Waals surface area (Å²) in [5.41, 5.74) is 6.11. The predicted molar refractivity (Wildman–Crippen MR) is 102 cm³/mol. The Hall–Kier alpha value is -1.31. The smallest absolute Gasteiger partial charge is 0.244 e. The summed E-state index contributed by atoms with van der Waals surface area (Å²) >= 11 is 0. The molecular formula is C16H28ClN3O3S. The fourth-order valence-corrected chi connectivity index (χ4v) is 3.36. The number of carbonyl (C=O) groups excluding carboxylic acids is 1. The summed E-state index contributed by atoms with van der Waals surface area (Å²) in [5.74, 6) is -0.152. The van der Waals surface area contributed by atoms with Gasteiger partial charge in [0.15, 0.2) is 0 Å². The molecule has 0 aliphatic rings. The van der Waals surface area contributed by atoms with Gasteiger partial charge in [-0.1, -0.05) is 26.7 Å². The number of nitrogens with one attached hydrogen (secondary N) is 2. The van der Waals surface area contributed by atoms with Gasteiger partial charge in [0, 0.05) is 11.4 Å². The molecule has 0 aliphatic carbocycles. The Balaban J connectivity index is 0.00000529. The van der Waals surface area contributed by atoms with Crippen LogP contribution in [0.4, 0.5) is 11.4 Å². The van der Waals surface area contributed by atoms with Crippen LogP contribution in [0.25, 0.3) is 0 Å². The second kappa shape index (κ2) is 9.86. The number of unbranched alkanes of at least 4 members (excludes halogenated alkanes) is 1. The lowest BCUT2D eigenvalue weighted by Crippen LogP contribution is -2.48. The van der Waals surface area contributed by atoms with E-state index in [1.807, 2.05) is 13.8 Å². The highest BCUT2D eigenvalue weighted by molar-refractivity contribution is 7.92. The van der Waals surface area contributed by atoms with E-state index >= 15 is 0 Å². The minimum Gasteiger partial charge on any atom is -0.325 e. The number of amides is 1. The van der Waals surface area contributed by atoms with Crippen molar-refractivity contribution in [1.82, 2.24) is 0 Å². The zero-order valence-electron chi connectivity index (χ0n) is 14.5. The molecule has 0 aliphatic heterocycles. The van der Waals surface area contributed by atoms with Crippen molar-refractivity contribution in [3.8, 4) is 0 Å². The highest BCUT2D eigenvalue weighted by Crippen LogP contribution is 2.17. The van der Waals surface area contributed by atoms with E-state index in [1.165, 1.54) is 0 Å². The monoisotopic (exact) mass is 377 g/mol. The number of carbonyl (C=O) groups is 1. The first kappa shape index (κ1) is 22.7. The van der Waals surface area contributed by atoms with Crippen LogP contribution in [0.5, 0.6) is 0 Å². The number of halogens is 1. The van der Waals surface area contributed by atoms with Gasteiger partial charge in [-0.2, -0.15) is 0 Å². The molecule has 0 radical (unpaired) electrons. The Morgan fingerprint density at radius 1 is 1.12 bits per heavy atom. The summed E-state index contributed by atoms with van der Waals surface area (Å²) in [6.07, 6.45) is 2.85. The third kappa shape index (κ3) is 7.51. The van der Waals surface area contributed by atoms with Crippen LogP contribution >= 0.6 is 12.4 Å². The van der Waals surface area contributed by atoms with Crippen molar-refractivity contribution in [3.05, 3.63) is 24.3 Å². The van der Waals surface area contributed by atoms with Crippen LogP contribution in [-0.2, 0) is 14.8 Å². The Morgan fingerprint density at radius 3 is 2.17 bits per heavy atom. The van der Waals surface area contributed by atoms with Crippen LogP contribution in [0.1, 0.15) is 46.5 Å². The summed E-state index contributed by atoms with van der Waals surface area (Å²) < 4.78 is 26.2. The van der Waals surface area contributed by atoms with Gasteiger partial charge < -0.3 is 11.1 Å². The van der Waals surface area contributed by atoms with E-state index in [0.717, 1.165) is 12.8 Å². The Bertz CT molecular complexity index is 616. The van der Waals surface area contributed by atoms with Crippen molar-refractivity contribution in [2.75, 3.05) is 15.8 Å². The third-order valence-corrected chi connectivity index (χ3v) is 4.84. The van der Waals surface area contributed by atoms with Crippen LogP contribution < -0.4 is 15.8 Å². The minimum absolute atomic E-state index is 0. The maximum Gasteiger partial charge on any atom is 0.244 e. The lowest BCUT2D eigenvalue weighted by Gasteiger charge is -2.22. The van der Waals surface area contributed by atoms with Gasteiger partial charge in [0.05, 0.1) is 11.3 Å². The zero-order chi connectivity index (χ0) is 17.5. The molecule has 0 spiro atoms. The first-order chi connectivity index (χ1) is 10.7. The molecule has 1 aromatic carbocycles. The average Bonchev–Trinajstić information content (AvgIpc) is 2.47. The van der Waals surface area contributed by atoms with Crippen molar-refractivity contribution in [2.24, 2.45) is 5.73 Å². The standard InChI is InChI=1S/C16H27N3O3S.ClH/c1-4-6-12-23(21,22)19-14-9-7-13(8-10-14)18-15(20)16(3,17)11-5-2;/h7-10,19H,4-6,11-12,17H2,1-3H3,(H,18,20);1H. The Morgan fingerprint density at radius 2 is 1.67 bits per heavy atom. The van der Waals surface area contributed by atoms with Gasteiger partial charge in [0.1, 0.15) is 0 Å². The molecule has 1 amide bonds. The Kier molecular flexibility index (Phi) is 9.32. The quantitative estimate of drug-likeness (QED) is 0.615. The van der Waals surface area contributed by atoms with Gasteiger partial charge >= 0.3 is 0 Å². The topological polar surface area (TPSA) is 101 Å². The number of hydrogen-bond acceptors (Lipinski definition) is 4. The van der Waals surface area contributed by atoms with Gasteiger partial charge in [-0.25, -0.2) is 8.42 Å². The molecule has 0 saturated carbocycles. The van der Waals surface area contributed by atoms with Crippen LogP contribution in [0, 0.1) is 0 Å². The van der Waals surface area contributed by atoms with Crippen LogP contribution in [0.15, 0.2) is 24.3 Å². The number of sulfonamides is 1. The van der Waals surface area contributed by atoms with E-state index in [0.29, 0.717) is 24.2 Å². The van der Waals surface area contributed by atoms with E-state index in [9.17, 15) is 13.2 Å². The molecule has 1 aromatic rings.